The molecule has 37 heavy (non-hydrogen) atoms. The van der Waals surface area contributed by atoms with Crippen LogP contribution in [0.5, 0.6) is 5.75 Å². The second-order valence-electron chi connectivity index (χ2n) is 9.71. The van der Waals surface area contributed by atoms with E-state index in [0.717, 1.165) is 65.8 Å². The van der Waals surface area contributed by atoms with Crippen molar-refractivity contribution in [1.82, 2.24) is 10.6 Å². The fraction of sp³-hybridized carbons (Fsp3) is 0.464. The molecule has 200 valence electrons. The third-order valence-corrected chi connectivity index (χ3v) is 8.93. The number of thioether (sulfide) groups is 2. The van der Waals surface area contributed by atoms with Crippen LogP contribution in [0.15, 0.2) is 60.7 Å². The van der Waals surface area contributed by atoms with Crippen LogP contribution in [-0.4, -0.2) is 45.4 Å². The van der Waals surface area contributed by atoms with Gasteiger partial charge in [-0.15, -0.1) is 0 Å². The molecule has 2 heterocycles. The first kappa shape index (κ1) is 29.1. The number of aliphatic hydroxyl groups is 1. The smallest absolute Gasteiger partial charge is 0.286 e. The Morgan fingerprint density at radius 3 is 2.41 bits per heavy atom. The van der Waals surface area contributed by atoms with E-state index in [-0.39, 0.29) is 39.1 Å². The number of rotatable bonds is 9. The highest BCUT2D eigenvalue weighted by molar-refractivity contribution is 8.15. The topological polar surface area (TPSA) is 105 Å². The summed E-state index contributed by atoms with van der Waals surface area (Å²) < 4.78 is 6.00. The Morgan fingerprint density at radius 1 is 1.16 bits per heavy atom. The van der Waals surface area contributed by atoms with E-state index in [1.165, 1.54) is 11.8 Å². The van der Waals surface area contributed by atoms with Crippen molar-refractivity contribution in [2.45, 2.75) is 68.5 Å². The molecule has 3 aliphatic rings. The van der Waals surface area contributed by atoms with Gasteiger partial charge in [0.1, 0.15) is 5.75 Å². The maximum absolute atomic E-state index is 11.6. The Bertz CT molecular complexity index is 1040. The van der Waals surface area contributed by atoms with Crippen molar-refractivity contribution in [2.75, 3.05) is 6.61 Å². The maximum atomic E-state index is 11.6. The molecule has 1 aromatic rings. The van der Waals surface area contributed by atoms with Gasteiger partial charge >= 0.3 is 0 Å². The molecule has 3 fully saturated rings. The van der Waals surface area contributed by atoms with E-state index in [9.17, 15) is 19.5 Å². The number of benzene rings is 1. The highest BCUT2D eigenvalue weighted by atomic mass is 32.2. The van der Waals surface area contributed by atoms with Crippen molar-refractivity contribution >= 4 is 40.6 Å². The molecule has 1 aromatic carbocycles. The van der Waals surface area contributed by atoms with E-state index in [0.29, 0.717) is 19.4 Å². The number of nitrogens with one attached hydrogen (secondary N) is 2. The van der Waals surface area contributed by atoms with Crippen LogP contribution in [0, 0.1) is 5.41 Å². The SMILES string of the molecule is C=CC(=C)CC1SC(=C)NC1=O.CCC1(COc2ccc(CC3SC(=O)NC3=O)cc2)CCCC(O)C1. The molecule has 1 saturated carbocycles. The second kappa shape index (κ2) is 13.3. The molecule has 3 N–H and O–H groups in total. The van der Waals surface area contributed by atoms with Crippen LogP contribution in [0.4, 0.5) is 4.79 Å². The van der Waals surface area contributed by atoms with E-state index in [2.05, 4.69) is 37.3 Å². The number of ether oxygens (including phenoxy) is 1. The number of aliphatic hydroxyl groups excluding tert-OH is 1. The number of carbonyl (C=O) groups is 3. The molecule has 2 saturated heterocycles. The number of allylic oxidation sites excluding steroid dienone is 2. The van der Waals surface area contributed by atoms with Gasteiger partial charge < -0.3 is 15.2 Å². The third-order valence-electron chi connectivity index (χ3n) is 6.90. The van der Waals surface area contributed by atoms with Crippen molar-refractivity contribution in [3.8, 4) is 5.75 Å². The molecule has 4 atom stereocenters. The number of imide groups is 1. The lowest BCUT2D eigenvalue weighted by molar-refractivity contribution is -0.119. The van der Waals surface area contributed by atoms with Gasteiger partial charge in [-0.25, -0.2) is 0 Å². The number of amides is 3. The summed E-state index contributed by atoms with van der Waals surface area (Å²) in [5.41, 5.74) is 1.96. The van der Waals surface area contributed by atoms with Crippen molar-refractivity contribution < 1.29 is 24.2 Å². The number of hydrogen-bond acceptors (Lipinski definition) is 7. The fourth-order valence-corrected chi connectivity index (χ4v) is 6.43. The fourth-order valence-electron chi connectivity index (χ4n) is 4.60. The van der Waals surface area contributed by atoms with Gasteiger partial charge in [-0.05, 0) is 56.2 Å². The van der Waals surface area contributed by atoms with E-state index >= 15 is 0 Å². The number of hydrogen-bond donors (Lipinski definition) is 3. The first-order chi connectivity index (χ1) is 17.6. The van der Waals surface area contributed by atoms with Gasteiger partial charge in [-0.2, -0.15) is 0 Å². The standard InChI is InChI=1S/C19H25NO4S.C9H11NOS/c1-2-19(9-3-4-14(21)11-19)12-24-15-7-5-13(6-8-15)10-16-17(22)20-18(23)25-16;1-4-6(2)5-8-9(11)10-7(3)12-8/h5-8,14,16,21H,2-4,9-12H2,1H3,(H,20,22,23);4,8H,1-3,5H2,(H,10,11). The predicted molar refractivity (Wildman–Crippen MR) is 150 cm³/mol. The highest BCUT2D eigenvalue weighted by Gasteiger charge is 2.35. The van der Waals surface area contributed by atoms with E-state index < -0.39 is 0 Å². The Balaban J connectivity index is 0.000000266. The molecular weight excluding hydrogens is 508 g/mol. The van der Waals surface area contributed by atoms with Gasteiger partial charge in [0, 0.05) is 5.41 Å². The van der Waals surface area contributed by atoms with E-state index in [1.807, 2.05) is 24.3 Å². The van der Waals surface area contributed by atoms with Crippen LogP contribution in [-0.2, 0) is 16.0 Å². The molecule has 9 heteroatoms. The summed E-state index contributed by atoms with van der Waals surface area (Å²) in [6, 6.07) is 7.72. The van der Waals surface area contributed by atoms with E-state index in [1.54, 1.807) is 6.08 Å². The molecule has 0 bridgehead atoms. The maximum Gasteiger partial charge on any atom is 0.286 e. The number of carbonyl (C=O) groups excluding carboxylic acids is 3. The quantitative estimate of drug-likeness (QED) is 0.371. The molecule has 4 unspecified atom stereocenters. The van der Waals surface area contributed by atoms with Gasteiger partial charge in [-0.3, -0.25) is 19.7 Å². The average Bonchev–Trinajstić information content (AvgIpc) is 3.36. The zero-order chi connectivity index (χ0) is 27.0. The third kappa shape index (κ3) is 8.51. The lowest BCUT2D eigenvalue weighted by atomic mass is 9.72. The molecule has 0 aromatic heterocycles. The Morgan fingerprint density at radius 2 is 1.86 bits per heavy atom. The summed E-state index contributed by atoms with van der Waals surface area (Å²) in [4.78, 5) is 34.0. The minimum atomic E-state index is -0.341. The van der Waals surface area contributed by atoms with Crippen LogP contribution in [0.1, 0.15) is 51.0 Å². The molecule has 7 nitrogen and oxygen atoms in total. The normalized spacial score (nSPS) is 27.1. The summed E-state index contributed by atoms with van der Waals surface area (Å²) in [5.74, 6) is 0.611. The monoisotopic (exact) mass is 544 g/mol. The molecule has 4 rings (SSSR count). The van der Waals surface area contributed by atoms with Gasteiger partial charge in [0.2, 0.25) is 11.8 Å². The summed E-state index contributed by atoms with van der Waals surface area (Å²) in [7, 11) is 0. The van der Waals surface area contributed by atoms with Crippen molar-refractivity contribution in [2.24, 2.45) is 5.41 Å². The molecule has 2 aliphatic heterocycles. The second-order valence-corrected chi connectivity index (χ2v) is 12.2. The van der Waals surface area contributed by atoms with Crippen LogP contribution in [0.3, 0.4) is 0 Å². The molecular formula is C28H36N2O5S2. The Labute approximate surface area is 227 Å². The predicted octanol–water partition coefficient (Wildman–Crippen LogP) is 5.11. The molecule has 0 radical (unpaired) electrons. The zero-order valence-corrected chi connectivity index (χ0v) is 22.9. The summed E-state index contributed by atoms with van der Waals surface area (Å²) in [6.07, 6.45) is 7.51. The first-order valence-electron chi connectivity index (χ1n) is 12.5. The van der Waals surface area contributed by atoms with Crippen LogP contribution in [0.2, 0.25) is 0 Å². The van der Waals surface area contributed by atoms with Crippen molar-refractivity contribution in [1.29, 1.82) is 0 Å². The van der Waals surface area contributed by atoms with Crippen molar-refractivity contribution in [3.05, 3.63) is 66.2 Å². The van der Waals surface area contributed by atoms with Gasteiger partial charge in [0.25, 0.3) is 5.24 Å². The average molecular weight is 545 g/mol. The Hall–Kier alpha value is -2.49. The zero-order valence-electron chi connectivity index (χ0n) is 21.3. The van der Waals surface area contributed by atoms with Crippen LogP contribution < -0.4 is 15.4 Å². The van der Waals surface area contributed by atoms with Crippen molar-refractivity contribution in [3.63, 3.8) is 0 Å². The molecule has 3 amide bonds. The van der Waals surface area contributed by atoms with Crippen LogP contribution >= 0.6 is 23.5 Å². The minimum Gasteiger partial charge on any atom is -0.493 e. The van der Waals surface area contributed by atoms with E-state index in [4.69, 9.17) is 4.74 Å². The Kier molecular flexibility index (Phi) is 10.5. The van der Waals surface area contributed by atoms with Gasteiger partial charge in [0.15, 0.2) is 0 Å². The lowest BCUT2D eigenvalue weighted by Crippen LogP contribution is -2.36. The summed E-state index contributed by atoms with van der Waals surface area (Å²) in [6.45, 7) is 13.8. The summed E-state index contributed by atoms with van der Waals surface area (Å²) in [5, 5.41) is 15.0. The summed E-state index contributed by atoms with van der Waals surface area (Å²) >= 11 is 2.50. The molecule has 0 spiro atoms. The van der Waals surface area contributed by atoms with Gasteiger partial charge in [-0.1, -0.05) is 80.4 Å². The largest absolute Gasteiger partial charge is 0.493 e. The lowest BCUT2D eigenvalue weighted by Gasteiger charge is -2.38. The molecule has 1 aliphatic carbocycles. The van der Waals surface area contributed by atoms with Gasteiger partial charge in [0.05, 0.1) is 28.2 Å². The van der Waals surface area contributed by atoms with Crippen LogP contribution in [0.25, 0.3) is 0 Å². The first-order valence-corrected chi connectivity index (χ1v) is 14.3. The minimum absolute atomic E-state index is 0.0213. The highest BCUT2D eigenvalue weighted by Crippen LogP contribution is 2.39.